The van der Waals surface area contributed by atoms with E-state index in [1.165, 1.54) is 7.11 Å². The van der Waals surface area contributed by atoms with Gasteiger partial charge in [-0.1, -0.05) is 0 Å². The van der Waals surface area contributed by atoms with Crippen molar-refractivity contribution in [1.82, 2.24) is 5.32 Å². The number of rotatable bonds is 7. The maximum Gasteiger partial charge on any atom is 0.345 e. The molecule has 0 radical (unpaired) electrons. The fourth-order valence-corrected chi connectivity index (χ4v) is 2.25. The van der Waals surface area contributed by atoms with Crippen LogP contribution in [0.25, 0.3) is 0 Å². The summed E-state index contributed by atoms with van der Waals surface area (Å²) >= 11 is 0. The first-order valence-electron chi connectivity index (χ1n) is 6.48. The molecule has 0 saturated carbocycles. The molecule has 112 valence electrons. The van der Waals surface area contributed by atoms with Crippen LogP contribution < -0.4 is 14.8 Å². The lowest BCUT2D eigenvalue weighted by Crippen LogP contribution is -2.43. The summed E-state index contributed by atoms with van der Waals surface area (Å²) < 4.78 is 39.2. The summed E-state index contributed by atoms with van der Waals surface area (Å²) in [6, 6.07) is 3.56. The number of halogens is 2. The number of ether oxygens (including phenoxy) is 3. The molecule has 2 rings (SSSR count). The van der Waals surface area contributed by atoms with Crippen molar-refractivity contribution in [3.63, 3.8) is 0 Å². The maximum atomic E-state index is 12.1. The van der Waals surface area contributed by atoms with Crippen LogP contribution in [0.15, 0.2) is 12.1 Å². The van der Waals surface area contributed by atoms with Crippen LogP contribution in [0.1, 0.15) is 11.1 Å². The molecule has 1 fully saturated rings. The standard InChI is InChI=1S/C14H19F2NO3/c1-18-12-5-11(8-20-14(15)16)13(19-2)4-10(12)3-9-6-17-7-9/h4-5,9,14,17H,3,6-8H2,1-2H3. The van der Waals surface area contributed by atoms with E-state index in [9.17, 15) is 8.78 Å². The minimum absolute atomic E-state index is 0.206. The quantitative estimate of drug-likeness (QED) is 0.834. The van der Waals surface area contributed by atoms with Gasteiger partial charge in [-0.3, -0.25) is 0 Å². The highest BCUT2D eigenvalue weighted by Crippen LogP contribution is 2.32. The van der Waals surface area contributed by atoms with Gasteiger partial charge in [0.05, 0.1) is 20.8 Å². The zero-order chi connectivity index (χ0) is 14.5. The Kier molecular flexibility index (Phi) is 5.14. The Labute approximate surface area is 117 Å². The van der Waals surface area contributed by atoms with Gasteiger partial charge in [-0.05, 0) is 43.1 Å². The minimum Gasteiger partial charge on any atom is -0.496 e. The molecule has 0 aliphatic carbocycles. The molecule has 0 bridgehead atoms. The summed E-state index contributed by atoms with van der Waals surface area (Å²) in [7, 11) is 3.09. The number of hydrogen-bond donors (Lipinski definition) is 1. The second-order valence-corrected chi connectivity index (χ2v) is 4.78. The number of nitrogens with one attached hydrogen (secondary N) is 1. The van der Waals surface area contributed by atoms with Gasteiger partial charge < -0.3 is 19.5 Å². The van der Waals surface area contributed by atoms with E-state index >= 15 is 0 Å². The van der Waals surface area contributed by atoms with E-state index in [4.69, 9.17) is 9.47 Å². The second-order valence-electron chi connectivity index (χ2n) is 4.78. The molecule has 6 heteroatoms. The van der Waals surface area contributed by atoms with E-state index in [1.807, 2.05) is 6.07 Å². The van der Waals surface area contributed by atoms with Crippen molar-refractivity contribution < 1.29 is 23.0 Å². The highest BCUT2D eigenvalue weighted by atomic mass is 19.3. The van der Waals surface area contributed by atoms with Crippen LogP contribution in [-0.2, 0) is 17.8 Å². The lowest BCUT2D eigenvalue weighted by molar-refractivity contribution is -0.137. The van der Waals surface area contributed by atoms with Crippen molar-refractivity contribution in [1.29, 1.82) is 0 Å². The van der Waals surface area contributed by atoms with E-state index in [-0.39, 0.29) is 6.61 Å². The molecular formula is C14H19F2NO3. The molecule has 1 aromatic carbocycles. The number of alkyl halides is 2. The summed E-state index contributed by atoms with van der Waals surface area (Å²) in [5.74, 6) is 1.82. The van der Waals surface area contributed by atoms with Gasteiger partial charge in [-0.2, -0.15) is 8.78 Å². The summed E-state index contributed by atoms with van der Waals surface area (Å²) in [5.41, 5.74) is 1.58. The highest BCUT2D eigenvalue weighted by molar-refractivity contribution is 5.46. The predicted octanol–water partition coefficient (Wildman–Crippen LogP) is 2.20. The molecule has 1 N–H and O–H groups in total. The Hall–Kier alpha value is -1.40. The molecule has 4 nitrogen and oxygen atoms in total. The lowest BCUT2D eigenvalue weighted by Gasteiger charge is -2.28. The van der Waals surface area contributed by atoms with Crippen LogP contribution in [0, 0.1) is 5.92 Å². The smallest absolute Gasteiger partial charge is 0.345 e. The Balaban J connectivity index is 2.19. The average molecular weight is 287 g/mol. The van der Waals surface area contributed by atoms with Crippen molar-refractivity contribution in [2.24, 2.45) is 5.92 Å². The molecule has 0 unspecified atom stereocenters. The van der Waals surface area contributed by atoms with Crippen LogP contribution in [0.4, 0.5) is 8.78 Å². The third-order valence-electron chi connectivity index (χ3n) is 3.42. The number of benzene rings is 1. The summed E-state index contributed by atoms with van der Waals surface area (Å²) in [4.78, 5) is 0. The lowest BCUT2D eigenvalue weighted by atomic mass is 9.93. The molecule has 1 aliphatic rings. The topological polar surface area (TPSA) is 39.7 Å². The molecular weight excluding hydrogens is 268 g/mol. The zero-order valence-corrected chi connectivity index (χ0v) is 11.6. The van der Waals surface area contributed by atoms with Gasteiger partial charge in [0, 0.05) is 5.56 Å². The van der Waals surface area contributed by atoms with Crippen LogP contribution in [0.3, 0.4) is 0 Å². The summed E-state index contributed by atoms with van der Waals surface area (Å²) in [5, 5.41) is 3.22. The Morgan fingerprint density at radius 3 is 2.25 bits per heavy atom. The van der Waals surface area contributed by atoms with Gasteiger partial charge in [0.25, 0.3) is 0 Å². The largest absolute Gasteiger partial charge is 0.496 e. The van der Waals surface area contributed by atoms with Gasteiger partial charge in [-0.25, -0.2) is 0 Å². The average Bonchev–Trinajstić information content (AvgIpc) is 2.40. The SMILES string of the molecule is COc1cc(CC2CNC2)c(OC)cc1COC(F)F. The van der Waals surface area contributed by atoms with Gasteiger partial charge >= 0.3 is 6.61 Å². The van der Waals surface area contributed by atoms with Crippen LogP contribution >= 0.6 is 0 Å². The normalized spacial score (nSPS) is 15.2. The van der Waals surface area contributed by atoms with E-state index in [1.54, 1.807) is 13.2 Å². The third-order valence-corrected chi connectivity index (χ3v) is 3.42. The van der Waals surface area contributed by atoms with Gasteiger partial charge in [0.2, 0.25) is 0 Å². The first kappa shape index (κ1) is 15.0. The van der Waals surface area contributed by atoms with Crippen LogP contribution in [-0.4, -0.2) is 33.9 Å². The molecule has 1 aliphatic heterocycles. The van der Waals surface area contributed by atoms with Gasteiger partial charge in [-0.15, -0.1) is 0 Å². The van der Waals surface area contributed by atoms with E-state index in [0.29, 0.717) is 23.0 Å². The van der Waals surface area contributed by atoms with Gasteiger partial charge in [0.15, 0.2) is 0 Å². The molecule has 20 heavy (non-hydrogen) atoms. The first-order chi connectivity index (χ1) is 9.63. The van der Waals surface area contributed by atoms with E-state index < -0.39 is 6.61 Å². The maximum absolute atomic E-state index is 12.1. The van der Waals surface area contributed by atoms with E-state index in [0.717, 1.165) is 25.1 Å². The van der Waals surface area contributed by atoms with Crippen molar-refractivity contribution >= 4 is 0 Å². The van der Waals surface area contributed by atoms with Crippen molar-refractivity contribution in [2.45, 2.75) is 19.6 Å². The molecule has 1 aromatic rings. The van der Waals surface area contributed by atoms with Crippen LogP contribution in [0.5, 0.6) is 11.5 Å². The zero-order valence-electron chi connectivity index (χ0n) is 11.6. The third kappa shape index (κ3) is 3.58. The van der Waals surface area contributed by atoms with E-state index in [2.05, 4.69) is 10.1 Å². The molecule has 0 aromatic heterocycles. The minimum atomic E-state index is -2.80. The molecule has 0 atom stereocenters. The fourth-order valence-electron chi connectivity index (χ4n) is 2.25. The van der Waals surface area contributed by atoms with Crippen molar-refractivity contribution in [3.8, 4) is 11.5 Å². The monoisotopic (exact) mass is 287 g/mol. The van der Waals surface area contributed by atoms with Crippen molar-refractivity contribution in [2.75, 3.05) is 27.3 Å². The summed E-state index contributed by atoms with van der Waals surface area (Å²) in [6.45, 7) is -1.03. The molecule has 0 spiro atoms. The van der Waals surface area contributed by atoms with Gasteiger partial charge in [0.1, 0.15) is 11.5 Å². The second kappa shape index (κ2) is 6.85. The van der Waals surface area contributed by atoms with Crippen molar-refractivity contribution in [3.05, 3.63) is 23.3 Å². The number of methoxy groups -OCH3 is 2. The Morgan fingerprint density at radius 1 is 1.15 bits per heavy atom. The molecule has 0 amide bonds. The number of hydrogen-bond acceptors (Lipinski definition) is 4. The Bertz CT molecular complexity index is 450. The first-order valence-corrected chi connectivity index (χ1v) is 6.48. The van der Waals surface area contributed by atoms with Crippen LogP contribution in [0.2, 0.25) is 0 Å². The molecule has 1 saturated heterocycles. The summed E-state index contributed by atoms with van der Waals surface area (Å²) in [6.07, 6.45) is 0.877. The Morgan fingerprint density at radius 2 is 1.75 bits per heavy atom. The predicted molar refractivity (Wildman–Crippen MR) is 70.4 cm³/mol. The molecule has 1 heterocycles. The fraction of sp³-hybridized carbons (Fsp3) is 0.571. The highest BCUT2D eigenvalue weighted by Gasteiger charge is 2.20.